The average molecular weight is 273 g/mol. The van der Waals surface area contributed by atoms with Crippen LogP contribution < -0.4 is 0 Å². The van der Waals surface area contributed by atoms with Gasteiger partial charge >= 0.3 is 17.9 Å². The van der Waals surface area contributed by atoms with E-state index in [0.717, 1.165) is 0 Å². The molecule has 0 saturated carbocycles. The van der Waals surface area contributed by atoms with Crippen molar-refractivity contribution in [1.82, 2.24) is 0 Å². The maximum absolute atomic E-state index is 10.4. The second kappa shape index (κ2) is 8.71. The Hall–Kier alpha value is 0.660. The Labute approximate surface area is 139 Å². The van der Waals surface area contributed by atoms with E-state index in [1.54, 1.807) is 0 Å². The Morgan fingerprint density at radius 1 is 1.12 bits per heavy atom. The molecule has 0 bridgehead atoms. The molecule has 0 heterocycles. The number of halogens is 1. The molecule has 0 rings (SSSR count). The van der Waals surface area contributed by atoms with Crippen molar-refractivity contribution < 1.29 is 34.8 Å². The van der Waals surface area contributed by atoms with Crippen LogP contribution in [-0.4, -0.2) is 108 Å². The van der Waals surface area contributed by atoms with Gasteiger partial charge in [-0.2, -0.15) is 0 Å². The van der Waals surface area contributed by atoms with Gasteiger partial charge in [0.2, 0.25) is 0 Å². The number of rotatable bonds is 5. The third-order valence-electron chi connectivity index (χ3n) is 1.43. The average Bonchev–Trinajstić information content (AvgIpc) is 2.00. The summed E-state index contributed by atoms with van der Waals surface area (Å²) in [5, 5.41) is 32.0. The van der Waals surface area contributed by atoms with Crippen molar-refractivity contribution in [2.75, 3.05) is 0 Å². The zero-order valence-electron chi connectivity index (χ0n) is 8.68. The molecule has 0 aromatic heterocycles. The summed E-state index contributed by atoms with van der Waals surface area (Å²) >= 11 is 5.07. The van der Waals surface area contributed by atoms with E-state index in [1.165, 1.54) is 0 Å². The molecule has 0 saturated heterocycles. The van der Waals surface area contributed by atoms with E-state index < -0.39 is 35.3 Å². The van der Waals surface area contributed by atoms with E-state index in [0.29, 0.717) is 0 Å². The van der Waals surface area contributed by atoms with Crippen LogP contribution in [0.25, 0.3) is 0 Å². The molecule has 7 nitrogen and oxygen atoms in total. The van der Waals surface area contributed by atoms with Crippen LogP contribution in [-0.2, 0) is 14.4 Å². The first-order chi connectivity index (χ1) is 6.21. The summed E-state index contributed by atoms with van der Waals surface area (Å²) in [6, 6.07) is 0. The molecule has 10 heteroatoms. The fourth-order valence-corrected chi connectivity index (χ4v) is 0.879. The summed E-state index contributed by atoms with van der Waals surface area (Å²) in [4.78, 5) is 30.9. The second-order valence-electron chi connectivity index (χ2n) is 2.50. The summed E-state index contributed by atoms with van der Waals surface area (Å²) in [5.41, 5.74) is -3.01. The predicted molar refractivity (Wildman–Crippen MR) is 53.6 cm³/mol. The van der Waals surface area contributed by atoms with Gasteiger partial charge in [-0.1, -0.05) is 0 Å². The van der Waals surface area contributed by atoms with E-state index in [4.69, 9.17) is 26.9 Å². The van der Waals surface area contributed by atoms with Gasteiger partial charge in [-0.25, -0.2) is 4.79 Å². The zero-order valence-corrected chi connectivity index (χ0v) is 13.4. The maximum atomic E-state index is 10.4. The van der Waals surface area contributed by atoms with Crippen molar-refractivity contribution >= 4 is 88.6 Å². The Morgan fingerprint density at radius 2 is 1.50 bits per heavy atom. The van der Waals surface area contributed by atoms with Crippen LogP contribution in [0.1, 0.15) is 6.42 Å². The van der Waals surface area contributed by atoms with Gasteiger partial charge in [-0.15, -0.1) is 11.6 Å². The Morgan fingerprint density at radius 3 is 1.69 bits per heavy atom. The molecule has 4 N–H and O–H groups in total. The van der Waals surface area contributed by atoms with Gasteiger partial charge in [-0.05, 0) is 0 Å². The van der Waals surface area contributed by atoms with Crippen molar-refractivity contribution in [3.63, 3.8) is 0 Å². The molecule has 0 spiro atoms. The van der Waals surface area contributed by atoms with Gasteiger partial charge < -0.3 is 20.4 Å². The molecule has 2 radical (unpaired) electrons. The molecule has 0 aromatic rings. The molecule has 16 heavy (non-hydrogen) atoms. The summed E-state index contributed by atoms with van der Waals surface area (Å²) in [7, 11) is 0. The van der Waals surface area contributed by atoms with Crippen molar-refractivity contribution in [3.8, 4) is 0 Å². The van der Waals surface area contributed by atoms with Crippen LogP contribution in [0.3, 0.4) is 0 Å². The minimum Gasteiger partial charge on any atom is -0.481 e. The largest absolute Gasteiger partial charge is 0.481 e. The van der Waals surface area contributed by atoms with E-state index in [-0.39, 0.29) is 59.1 Å². The first kappa shape index (κ1) is 21.9. The van der Waals surface area contributed by atoms with E-state index in [9.17, 15) is 19.5 Å². The molecule has 0 aliphatic carbocycles. The van der Waals surface area contributed by atoms with Gasteiger partial charge in [0.1, 0.15) is 0 Å². The standard InChI is InChI=1S/C6H7ClO7.2Na/c7-3(4(10)11)6(14,5(12)13)1-2(8)9;;/h3,14H,1H2,(H,8,9)(H,10,11)(H,12,13);;. The molecular formula is C6H7ClNa2O7. The number of hydrogen-bond donors (Lipinski definition) is 4. The third-order valence-corrected chi connectivity index (χ3v) is 1.97. The fraction of sp³-hybridized carbons (Fsp3) is 0.500. The summed E-state index contributed by atoms with van der Waals surface area (Å²) in [5.74, 6) is -5.47. The van der Waals surface area contributed by atoms with Crippen LogP contribution in [0.5, 0.6) is 0 Å². The number of carboxylic acids is 3. The molecular weight excluding hydrogens is 265 g/mol. The van der Waals surface area contributed by atoms with Crippen LogP contribution in [0.2, 0.25) is 0 Å². The number of carbonyl (C=O) groups is 3. The topological polar surface area (TPSA) is 132 Å². The Kier molecular flexibility index (Phi) is 11.9. The van der Waals surface area contributed by atoms with Gasteiger partial charge in [0, 0.05) is 59.1 Å². The van der Waals surface area contributed by atoms with Crippen molar-refractivity contribution in [1.29, 1.82) is 0 Å². The summed E-state index contributed by atoms with van der Waals surface area (Å²) in [6.45, 7) is 0. The van der Waals surface area contributed by atoms with Gasteiger partial charge in [-0.3, -0.25) is 9.59 Å². The normalized spacial score (nSPS) is 14.6. The van der Waals surface area contributed by atoms with Gasteiger partial charge in [0.05, 0.1) is 6.42 Å². The van der Waals surface area contributed by atoms with Crippen molar-refractivity contribution in [2.45, 2.75) is 17.4 Å². The summed E-state index contributed by atoms with van der Waals surface area (Å²) in [6.07, 6.45) is -1.29. The molecule has 0 aromatic carbocycles. The minimum atomic E-state index is -3.01. The zero-order chi connectivity index (χ0) is 11.5. The smallest absolute Gasteiger partial charge is 0.338 e. The second-order valence-corrected chi connectivity index (χ2v) is 2.94. The van der Waals surface area contributed by atoms with Crippen LogP contribution in [0, 0.1) is 0 Å². The van der Waals surface area contributed by atoms with Crippen molar-refractivity contribution in [3.05, 3.63) is 0 Å². The molecule has 2 unspecified atom stereocenters. The van der Waals surface area contributed by atoms with Crippen LogP contribution in [0.15, 0.2) is 0 Å². The fourth-order valence-electron chi connectivity index (χ4n) is 0.708. The number of alkyl halides is 1. The van der Waals surface area contributed by atoms with E-state index >= 15 is 0 Å². The Balaban J connectivity index is -0.000000845. The molecule has 2 atom stereocenters. The van der Waals surface area contributed by atoms with E-state index in [1.807, 2.05) is 0 Å². The number of aliphatic carboxylic acids is 3. The predicted octanol–water partition coefficient (Wildman–Crippen LogP) is -1.79. The monoisotopic (exact) mass is 272 g/mol. The van der Waals surface area contributed by atoms with Crippen LogP contribution >= 0.6 is 11.6 Å². The quantitative estimate of drug-likeness (QED) is 0.343. The molecule has 0 amide bonds. The SMILES string of the molecule is O=C(O)CC(O)(C(=O)O)C(Cl)C(=O)O.[Na].[Na]. The van der Waals surface area contributed by atoms with Gasteiger partial charge in [0.25, 0.3) is 0 Å². The number of carboxylic acid groups (broad SMARTS) is 3. The Bertz CT molecular complexity index is 284. The molecule has 0 aliphatic heterocycles. The molecule has 82 valence electrons. The number of aliphatic hydroxyl groups is 1. The van der Waals surface area contributed by atoms with Crippen molar-refractivity contribution in [2.24, 2.45) is 0 Å². The molecule has 0 fully saturated rings. The summed E-state index contributed by atoms with van der Waals surface area (Å²) < 4.78 is 0. The third kappa shape index (κ3) is 5.83. The van der Waals surface area contributed by atoms with Crippen LogP contribution in [0.4, 0.5) is 0 Å². The van der Waals surface area contributed by atoms with E-state index in [2.05, 4.69) is 0 Å². The van der Waals surface area contributed by atoms with Gasteiger partial charge in [0.15, 0.2) is 11.0 Å². The number of hydrogen-bond acceptors (Lipinski definition) is 4. The first-order valence-electron chi connectivity index (χ1n) is 3.26. The maximum Gasteiger partial charge on any atom is 0.338 e. The minimum absolute atomic E-state index is 0. The molecule has 0 aliphatic rings. The first-order valence-corrected chi connectivity index (χ1v) is 3.70.